The van der Waals surface area contributed by atoms with Gasteiger partial charge in [0, 0.05) is 40.4 Å². The van der Waals surface area contributed by atoms with Crippen LogP contribution in [0.4, 0.5) is 14.5 Å². The summed E-state index contributed by atoms with van der Waals surface area (Å²) in [5.74, 6) is -2.17. The first-order chi connectivity index (χ1) is 12.3. The molecule has 134 valence electrons. The van der Waals surface area contributed by atoms with Gasteiger partial charge in [-0.1, -0.05) is 6.07 Å². The van der Waals surface area contributed by atoms with Gasteiger partial charge in [0.25, 0.3) is 11.6 Å². The molecule has 0 fully saturated rings. The summed E-state index contributed by atoms with van der Waals surface area (Å²) in [5.41, 5.74) is -0.205. The molecule has 1 amide bonds. The summed E-state index contributed by atoms with van der Waals surface area (Å²) in [5, 5.41) is 23.8. The fourth-order valence-electron chi connectivity index (χ4n) is 2.41. The zero-order chi connectivity index (χ0) is 18.8. The zero-order valence-corrected chi connectivity index (χ0v) is 13.9. The number of nitrogens with zero attached hydrogens (tertiary/aromatic N) is 1. The van der Waals surface area contributed by atoms with Crippen LogP contribution in [-0.2, 0) is 0 Å². The lowest BCUT2D eigenvalue weighted by molar-refractivity contribution is -0.384. The molecular formula is C17H12F2N2O4S. The smallest absolute Gasteiger partial charge is 0.270 e. The molecule has 0 aliphatic carbocycles. The van der Waals surface area contributed by atoms with Crippen LogP contribution in [0.5, 0.6) is 0 Å². The minimum atomic E-state index is -1.34. The van der Waals surface area contributed by atoms with E-state index in [0.29, 0.717) is 21.0 Å². The van der Waals surface area contributed by atoms with Crippen LogP contribution in [0.3, 0.4) is 0 Å². The third-order valence-corrected chi connectivity index (χ3v) is 4.83. The number of aliphatic hydroxyl groups is 1. The predicted molar refractivity (Wildman–Crippen MR) is 92.1 cm³/mol. The summed E-state index contributed by atoms with van der Waals surface area (Å²) in [4.78, 5) is 22.8. The predicted octanol–water partition coefficient (Wildman–Crippen LogP) is 3.55. The van der Waals surface area contributed by atoms with Crippen LogP contribution in [0.15, 0.2) is 42.5 Å². The Balaban J connectivity index is 1.71. The summed E-state index contributed by atoms with van der Waals surface area (Å²) >= 11 is 1.14. The van der Waals surface area contributed by atoms with Gasteiger partial charge in [0.1, 0.15) is 11.6 Å². The highest BCUT2D eigenvalue weighted by molar-refractivity contribution is 7.20. The van der Waals surface area contributed by atoms with Crippen LogP contribution in [0.25, 0.3) is 10.1 Å². The first kappa shape index (κ1) is 17.9. The van der Waals surface area contributed by atoms with Crippen molar-refractivity contribution in [1.82, 2.24) is 5.32 Å². The Bertz CT molecular complexity index is 1010. The van der Waals surface area contributed by atoms with Crippen molar-refractivity contribution < 1.29 is 23.6 Å². The van der Waals surface area contributed by atoms with Gasteiger partial charge < -0.3 is 10.4 Å². The molecule has 1 aromatic heterocycles. The molecule has 2 aromatic carbocycles. The largest absolute Gasteiger partial charge is 0.386 e. The molecule has 6 nitrogen and oxygen atoms in total. The maximum atomic E-state index is 13.6. The lowest BCUT2D eigenvalue weighted by Gasteiger charge is -2.12. The Hall–Kier alpha value is -2.91. The Kier molecular flexibility index (Phi) is 4.92. The fourth-order valence-corrected chi connectivity index (χ4v) is 3.37. The average molecular weight is 378 g/mol. The van der Waals surface area contributed by atoms with Crippen LogP contribution in [0.2, 0.25) is 0 Å². The van der Waals surface area contributed by atoms with E-state index in [-0.39, 0.29) is 17.8 Å². The summed E-state index contributed by atoms with van der Waals surface area (Å²) in [6.07, 6.45) is -1.34. The molecule has 3 rings (SSSR count). The molecule has 3 aromatic rings. The molecule has 0 spiro atoms. The Labute approximate surface area is 149 Å². The van der Waals surface area contributed by atoms with Gasteiger partial charge in [-0.2, -0.15) is 0 Å². The monoisotopic (exact) mass is 378 g/mol. The van der Waals surface area contributed by atoms with Crippen molar-refractivity contribution in [3.8, 4) is 0 Å². The maximum absolute atomic E-state index is 13.6. The molecule has 1 atom stereocenters. The van der Waals surface area contributed by atoms with Gasteiger partial charge >= 0.3 is 0 Å². The number of rotatable bonds is 5. The molecule has 0 aliphatic heterocycles. The number of non-ortho nitro benzene ring substituents is 1. The highest BCUT2D eigenvalue weighted by Gasteiger charge is 2.17. The van der Waals surface area contributed by atoms with E-state index in [4.69, 9.17) is 0 Å². The molecule has 0 bridgehead atoms. The molecule has 1 heterocycles. The van der Waals surface area contributed by atoms with Crippen LogP contribution < -0.4 is 5.32 Å². The number of aliphatic hydroxyl groups excluding tert-OH is 1. The van der Waals surface area contributed by atoms with E-state index >= 15 is 0 Å². The zero-order valence-electron chi connectivity index (χ0n) is 13.1. The number of carbonyl (C=O) groups excluding carboxylic acids is 1. The molecule has 2 N–H and O–H groups in total. The second kappa shape index (κ2) is 7.14. The van der Waals surface area contributed by atoms with Gasteiger partial charge in [-0.05, 0) is 18.2 Å². The van der Waals surface area contributed by atoms with E-state index < -0.39 is 28.6 Å². The van der Waals surface area contributed by atoms with Gasteiger partial charge in [-0.15, -0.1) is 11.3 Å². The first-order valence-corrected chi connectivity index (χ1v) is 8.26. The minimum Gasteiger partial charge on any atom is -0.386 e. The Morgan fingerprint density at radius 1 is 1.23 bits per heavy atom. The molecule has 1 unspecified atom stereocenters. The van der Waals surface area contributed by atoms with Crippen molar-refractivity contribution in [3.63, 3.8) is 0 Å². The van der Waals surface area contributed by atoms with E-state index in [9.17, 15) is 28.8 Å². The molecule has 9 heteroatoms. The van der Waals surface area contributed by atoms with Gasteiger partial charge in [-0.3, -0.25) is 14.9 Å². The number of halogens is 2. The van der Waals surface area contributed by atoms with Gasteiger partial charge in [0.15, 0.2) is 0 Å². The minimum absolute atomic E-state index is 0.0792. The van der Waals surface area contributed by atoms with Crippen molar-refractivity contribution in [3.05, 3.63) is 74.7 Å². The fraction of sp³-hybridized carbons (Fsp3) is 0.118. The number of nitrogens with one attached hydrogen (secondary N) is 1. The number of benzene rings is 2. The van der Waals surface area contributed by atoms with E-state index in [1.807, 2.05) is 0 Å². The molecular weight excluding hydrogens is 366 g/mol. The molecule has 0 radical (unpaired) electrons. The standard InChI is InChI=1S/C17H12F2N2O4S/c18-10-1-3-12(13(19)7-10)14(22)8-20-17(23)16-6-9-5-11(21(24)25)2-4-15(9)26-16/h1-7,14,22H,8H2,(H,20,23). The van der Waals surface area contributed by atoms with E-state index in [1.165, 1.54) is 18.2 Å². The highest BCUT2D eigenvalue weighted by Crippen LogP contribution is 2.29. The van der Waals surface area contributed by atoms with Gasteiger partial charge in [0.05, 0.1) is 15.9 Å². The van der Waals surface area contributed by atoms with Crippen LogP contribution in [-0.4, -0.2) is 22.5 Å². The summed E-state index contributed by atoms with van der Waals surface area (Å²) in [7, 11) is 0. The quantitative estimate of drug-likeness (QED) is 0.525. The second-order valence-electron chi connectivity index (χ2n) is 5.48. The number of carbonyl (C=O) groups is 1. The number of nitro groups is 1. The van der Waals surface area contributed by atoms with Crippen molar-refractivity contribution in [1.29, 1.82) is 0 Å². The van der Waals surface area contributed by atoms with Crippen LogP contribution >= 0.6 is 11.3 Å². The number of nitro benzene ring substituents is 1. The molecule has 0 aliphatic rings. The topological polar surface area (TPSA) is 92.5 Å². The third kappa shape index (κ3) is 3.68. The highest BCUT2D eigenvalue weighted by atomic mass is 32.1. The lowest BCUT2D eigenvalue weighted by atomic mass is 10.1. The Morgan fingerprint density at radius 2 is 2.00 bits per heavy atom. The van der Waals surface area contributed by atoms with Crippen LogP contribution in [0.1, 0.15) is 21.3 Å². The van der Waals surface area contributed by atoms with Crippen LogP contribution in [0, 0.1) is 21.7 Å². The maximum Gasteiger partial charge on any atom is 0.270 e. The average Bonchev–Trinajstić information content (AvgIpc) is 3.02. The van der Waals surface area contributed by atoms with Gasteiger partial charge in [-0.25, -0.2) is 8.78 Å². The molecule has 0 saturated carbocycles. The van der Waals surface area contributed by atoms with E-state index in [2.05, 4.69) is 5.32 Å². The number of hydrogen-bond donors (Lipinski definition) is 2. The number of hydrogen-bond acceptors (Lipinski definition) is 5. The first-order valence-electron chi connectivity index (χ1n) is 7.44. The van der Waals surface area contributed by atoms with Crippen molar-refractivity contribution in [2.24, 2.45) is 0 Å². The molecule has 0 saturated heterocycles. The molecule has 26 heavy (non-hydrogen) atoms. The SMILES string of the molecule is O=C(NCC(O)c1ccc(F)cc1F)c1cc2cc([N+](=O)[O-])ccc2s1. The second-order valence-corrected chi connectivity index (χ2v) is 6.57. The summed E-state index contributed by atoms with van der Waals surface area (Å²) in [6.45, 7) is -0.268. The van der Waals surface area contributed by atoms with Crippen molar-refractivity contribution >= 4 is 33.0 Å². The number of thiophene rings is 1. The summed E-state index contributed by atoms with van der Waals surface area (Å²) in [6, 6.07) is 8.56. The van der Waals surface area contributed by atoms with E-state index in [1.54, 1.807) is 6.07 Å². The Morgan fingerprint density at radius 3 is 2.69 bits per heavy atom. The number of fused-ring (bicyclic) bond motifs is 1. The normalized spacial score (nSPS) is 12.1. The van der Waals surface area contributed by atoms with E-state index in [0.717, 1.165) is 23.5 Å². The van der Waals surface area contributed by atoms with Gasteiger partial charge in [0.2, 0.25) is 0 Å². The lowest BCUT2D eigenvalue weighted by Crippen LogP contribution is -2.28. The third-order valence-electron chi connectivity index (χ3n) is 3.71. The van der Waals surface area contributed by atoms with Crippen molar-refractivity contribution in [2.75, 3.05) is 6.54 Å². The van der Waals surface area contributed by atoms with Crippen molar-refractivity contribution in [2.45, 2.75) is 6.10 Å². The number of amides is 1. The summed E-state index contributed by atoms with van der Waals surface area (Å²) < 4.78 is 27.2.